The van der Waals surface area contributed by atoms with Gasteiger partial charge in [-0.05, 0) is 0 Å². The van der Waals surface area contributed by atoms with Crippen molar-refractivity contribution in [1.82, 2.24) is 0 Å². The van der Waals surface area contributed by atoms with E-state index in [9.17, 15) is 4.70 Å². The summed E-state index contributed by atoms with van der Waals surface area (Å²) in [6, 6.07) is -0.505. The van der Waals surface area contributed by atoms with Crippen LogP contribution >= 0.6 is 17.2 Å². The Morgan fingerprint density at radius 1 is 2.40 bits per heavy atom. The van der Waals surface area contributed by atoms with E-state index < -0.39 is 6.04 Å². The maximum atomic E-state index is 9.54. The first kappa shape index (κ1) is 3.90. The van der Waals surface area contributed by atoms with Crippen molar-refractivity contribution in [1.29, 1.82) is 0 Å². The SMILES string of the molecule is [2H]C(B=O)PP. The molecule has 1 nitrogen and oxygen atoms in total. The Kier molecular flexibility index (Phi) is 3.69. The van der Waals surface area contributed by atoms with E-state index in [1.54, 1.807) is 0 Å². The number of rotatable bonds is 2. The summed E-state index contributed by atoms with van der Waals surface area (Å²) in [4.78, 5) is 0. The topological polar surface area (TPSA) is 17.1 Å². The van der Waals surface area contributed by atoms with Crippen LogP contribution in [0, 0.1) is 0 Å². The summed E-state index contributed by atoms with van der Waals surface area (Å²) in [5.74, 6) is 0. The van der Waals surface area contributed by atoms with Crippen molar-refractivity contribution in [2.45, 2.75) is 0 Å². The molecule has 3 unspecified atom stereocenters. The van der Waals surface area contributed by atoms with E-state index in [0.29, 0.717) is 15.4 Å². The average Bonchev–Trinajstić information content (AvgIpc) is 1.65. The zero-order chi connectivity index (χ0) is 4.99. The van der Waals surface area contributed by atoms with Gasteiger partial charge in [0.2, 0.25) is 0 Å². The molecule has 0 bridgehead atoms. The Labute approximate surface area is 37.4 Å². The molecule has 0 amide bonds. The van der Waals surface area contributed by atoms with Crippen molar-refractivity contribution >= 4 is 24.3 Å². The van der Waals surface area contributed by atoms with Crippen LogP contribution in [0.3, 0.4) is 0 Å². The van der Waals surface area contributed by atoms with Crippen LogP contribution in [0.4, 0.5) is 0 Å². The third-order valence-corrected chi connectivity index (χ3v) is 1.07. The molecule has 0 aromatic rings. The maximum absolute atomic E-state index is 9.54. The van der Waals surface area contributed by atoms with Crippen molar-refractivity contribution in [2.75, 3.05) is 6.04 Å². The van der Waals surface area contributed by atoms with Crippen LogP contribution in [0.1, 0.15) is 1.37 Å². The van der Waals surface area contributed by atoms with Crippen LogP contribution in [0.2, 0.25) is 0 Å². The molecule has 3 atom stereocenters. The van der Waals surface area contributed by atoms with E-state index in [2.05, 4.69) is 8.93 Å². The van der Waals surface area contributed by atoms with Gasteiger partial charge in [0, 0.05) is 0 Å². The van der Waals surface area contributed by atoms with Crippen LogP contribution in [0.15, 0.2) is 0 Å². The summed E-state index contributed by atoms with van der Waals surface area (Å²) in [7, 11) is 3.33. The zero-order valence-electron chi connectivity index (χ0n) is 3.64. The molecule has 0 saturated heterocycles. The van der Waals surface area contributed by atoms with Crippen molar-refractivity contribution in [3.63, 3.8) is 0 Å². The van der Waals surface area contributed by atoms with Crippen LogP contribution in [-0.4, -0.2) is 13.2 Å². The zero-order valence-corrected chi connectivity index (χ0v) is 4.79. The molecule has 0 radical (unpaired) electrons. The van der Waals surface area contributed by atoms with Crippen molar-refractivity contribution in [2.24, 2.45) is 0 Å². The number of hydrogen-bond donors (Lipinski definition) is 0. The summed E-state index contributed by atoms with van der Waals surface area (Å²) in [5.41, 5.74) is 0. The van der Waals surface area contributed by atoms with Gasteiger partial charge in [0.15, 0.2) is 0 Å². The number of hydrogen-bond acceptors (Lipinski definition) is 1. The summed E-state index contributed by atoms with van der Waals surface area (Å²) >= 11 is 0. The molecule has 0 aliphatic heterocycles. The third kappa shape index (κ3) is 4.72. The first-order chi connectivity index (χ1) is 2.81. The van der Waals surface area contributed by atoms with Gasteiger partial charge >= 0.3 is 36.5 Å². The fourth-order valence-corrected chi connectivity index (χ4v) is 0.354. The van der Waals surface area contributed by atoms with Crippen molar-refractivity contribution in [3.8, 4) is 0 Å². The van der Waals surface area contributed by atoms with Gasteiger partial charge in [0.05, 0.1) is 0 Å². The first-order valence-corrected chi connectivity index (χ1v) is 4.03. The van der Waals surface area contributed by atoms with Crippen LogP contribution in [0.25, 0.3) is 0 Å². The fourth-order valence-electron chi connectivity index (χ4n) is 0.0393. The van der Waals surface area contributed by atoms with Gasteiger partial charge in [-0.1, -0.05) is 0 Å². The third-order valence-electron chi connectivity index (χ3n) is 0.164. The van der Waals surface area contributed by atoms with E-state index in [-0.39, 0.29) is 0 Å². The van der Waals surface area contributed by atoms with Crippen LogP contribution in [-0.2, 0) is 4.70 Å². The van der Waals surface area contributed by atoms with Gasteiger partial charge in [-0.15, -0.1) is 0 Å². The Bertz CT molecular complexity index is 50.8. The molecule has 0 fully saturated rings. The Morgan fingerprint density at radius 3 is 3.00 bits per heavy atom. The molecule has 0 heterocycles. The average molecular weight is 107 g/mol. The first-order valence-electron chi connectivity index (χ1n) is 1.72. The minimum atomic E-state index is -0.505. The molecule has 0 aliphatic carbocycles. The predicted molar refractivity (Wildman–Crippen MR) is 29.3 cm³/mol. The summed E-state index contributed by atoms with van der Waals surface area (Å²) < 4.78 is 16.2. The van der Waals surface area contributed by atoms with E-state index >= 15 is 0 Å². The summed E-state index contributed by atoms with van der Waals surface area (Å²) in [6.45, 7) is 0. The van der Waals surface area contributed by atoms with Gasteiger partial charge in [-0.2, -0.15) is 0 Å². The Hall–Kier alpha value is 0.725. The second-order valence-electron chi connectivity index (χ2n) is 0.469. The van der Waals surface area contributed by atoms with Gasteiger partial charge in [0.25, 0.3) is 0 Å². The molecule has 0 aromatic carbocycles. The molecule has 5 heavy (non-hydrogen) atoms. The quantitative estimate of drug-likeness (QED) is 0.370. The molecular formula is CH5BOP2. The predicted octanol–water partition coefficient (Wildman–Crippen LogP) is 0.462. The van der Waals surface area contributed by atoms with Crippen molar-refractivity contribution < 1.29 is 6.08 Å². The fraction of sp³-hybridized carbons (Fsp3) is 1.00. The molecule has 0 spiro atoms. The molecule has 0 N–H and O–H groups in total. The molecule has 0 rings (SSSR count). The van der Waals surface area contributed by atoms with Crippen LogP contribution in [0.5, 0.6) is 0 Å². The van der Waals surface area contributed by atoms with E-state index in [1.807, 2.05) is 0 Å². The normalized spacial score (nSPS) is 18.2. The van der Waals surface area contributed by atoms with Crippen molar-refractivity contribution in [3.05, 3.63) is 0 Å². The van der Waals surface area contributed by atoms with Gasteiger partial charge in [-0.3, -0.25) is 0 Å². The summed E-state index contributed by atoms with van der Waals surface area (Å²) in [6.07, 6.45) is 0. The minimum absolute atomic E-state index is 0.347. The van der Waals surface area contributed by atoms with E-state index in [4.69, 9.17) is 1.37 Å². The second-order valence-corrected chi connectivity index (χ2v) is 2.14. The van der Waals surface area contributed by atoms with Gasteiger partial charge in [-0.25, -0.2) is 0 Å². The van der Waals surface area contributed by atoms with Gasteiger partial charge < -0.3 is 0 Å². The Morgan fingerprint density at radius 2 is 3.00 bits per heavy atom. The molecule has 0 aromatic heterocycles. The summed E-state index contributed by atoms with van der Waals surface area (Å²) in [5, 5.41) is 0. The Balaban J connectivity index is 2.96. The molecule has 28 valence electrons. The molecular weight excluding hydrogens is 101 g/mol. The van der Waals surface area contributed by atoms with E-state index in [1.165, 1.54) is 0 Å². The monoisotopic (exact) mass is 107 g/mol. The molecule has 0 aliphatic rings. The van der Waals surface area contributed by atoms with Gasteiger partial charge in [0.1, 0.15) is 0 Å². The molecule has 0 saturated carbocycles. The van der Waals surface area contributed by atoms with Crippen LogP contribution < -0.4 is 0 Å². The standard InChI is InChI=1S/CH5BOP2/c3-2-1-5-4/h5H,1,4H2/i1D. The second kappa shape index (κ2) is 4.72. The molecule has 4 heteroatoms. The van der Waals surface area contributed by atoms with E-state index in [0.717, 1.165) is 0 Å².